The van der Waals surface area contributed by atoms with Crippen LogP contribution in [0.2, 0.25) is 0 Å². The van der Waals surface area contributed by atoms with Crippen molar-refractivity contribution in [3.05, 3.63) is 30.3 Å². The van der Waals surface area contributed by atoms with Gasteiger partial charge in [-0.05, 0) is 19.1 Å². The van der Waals surface area contributed by atoms with E-state index in [0.717, 1.165) is 5.69 Å². The van der Waals surface area contributed by atoms with Crippen LogP contribution in [0.25, 0.3) is 0 Å². The lowest BCUT2D eigenvalue weighted by atomic mass is 10.3. The lowest BCUT2D eigenvalue weighted by Gasteiger charge is -2.08. The molecule has 1 aromatic heterocycles. The van der Waals surface area contributed by atoms with Crippen LogP contribution in [0.15, 0.2) is 34.7 Å². The summed E-state index contributed by atoms with van der Waals surface area (Å²) in [6.45, 7) is 1.70. The first-order valence-corrected chi connectivity index (χ1v) is 8.13. The first-order chi connectivity index (χ1) is 10.6. The number of amides is 3. The van der Waals surface area contributed by atoms with Crippen molar-refractivity contribution in [1.29, 1.82) is 0 Å². The molecule has 22 heavy (non-hydrogen) atoms. The maximum Gasteiger partial charge on any atom is 0.321 e. The molecule has 3 N–H and O–H groups in total. The molecule has 116 valence electrons. The quantitative estimate of drug-likeness (QED) is 0.724. The number of nitrogens with one attached hydrogen (secondary N) is 3. The van der Waals surface area contributed by atoms with Gasteiger partial charge >= 0.3 is 6.03 Å². The molecule has 9 heteroatoms. The Morgan fingerprint density at radius 3 is 2.64 bits per heavy atom. The number of thioether (sulfide) groups is 1. The smallest absolute Gasteiger partial charge is 0.321 e. The van der Waals surface area contributed by atoms with Crippen molar-refractivity contribution < 1.29 is 9.59 Å². The molecule has 1 atom stereocenters. The van der Waals surface area contributed by atoms with E-state index in [1.807, 2.05) is 30.3 Å². The van der Waals surface area contributed by atoms with Gasteiger partial charge in [0.15, 0.2) is 4.34 Å². The zero-order valence-electron chi connectivity index (χ0n) is 12.0. The number of carbonyl (C=O) groups excluding carboxylic acids is 2. The number of hydrogen-bond acceptors (Lipinski definition) is 7. The molecule has 0 saturated heterocycles. The fourth-order valence-electron chi connectivity index (χ4n) is 1.43. The number of para-hydroxylation sites is 1. The predicted molar refractivity (Wildman–Crippen MR) is 87.6 cm³/mol. The summed E-state index contributed by atoms with van der Waals surface area (Å²) in [5.41, 5.74) is 0.917. The molecule has 0 radical (unpaired) electrons. The Balaban J connectivity index is 1.91. The molecule has 0 saturated carbocycles. The third-order valence-corrected chi connectivity index (χ3v) is 4.57. The third-order valence-electron chi connectivity index (χ3n) is 2.54. The molecule has 1 heterocycles. The van der Waals surface area contributed by atoms with E-state index in [1.165, 1.54) is 30.1 Å². The second-order valence-corrected chi connectivity index (χ2v) is 6.76. The van der Waals surface area contributed by atoms with Gasteiger partial charge in [-0.2, -0.15) is 0 Å². The zero-order chi connectivity index (χ0) is 15.9. The number of benzene rings is 1. The second kappa shape index (κ2) is 7.76. The normalized spacial score (nSPS) is 11.5. The van der Waals surface area contributed by atoms with Gasteiger partial charge in [0.05, 0.1) is 5.25 Å². The molecule has 3 amide bonds. The lowest BCUT2D eigenvalue weighted by Crippen LogP contribution is -2.41. The average Bonchev–Trinajstić information content (AvgIpc) is 2.95. The van der Waals surface area contributed by atoms with Gasteiger partial charge in [-0.3, -0.25) is 10.1 Å². The van der Waals surface area contributed by atoms with Crippen molar-refractivity contribution in [2.45, 2.75) is 16.5 Å². The Morgan fingerprint density at radius 2 is 1.95 bits per heavy atom. The van der Waals surface area contributed by atoms with Gasteiger partial charge in [-0.15, -0.1) is 10.2 Å². The number of hydrogen-bond donors (Lipinski definition) is 3. The average molecular weight is 337 g/mol. The predicted octanol–water partition coefficient (Wildman–Crippen LogP) is 2.22. The number of rotatable bonds is 5. The summed E-state index contributed by atoms with van der Waals surface area (Å²) in [5.74, 6) is -0.378. The van der Waals surface area contributed by atoms with Crippen LogP contribution in [0.1, 0.15) is 6.92 Å². The van der Waals surface area contributed by atoms with Crippen molar-refractivity contribution >= 4 is 45.9 Å². The summed E-state index contributed by atoms with van der Waals surface area (Å²) in [6, 6.07) is 9.09. The Kier molecular flexibility index (Phi) is 5.73. The fourth-order valence-corrected chi connectivity index (χ4v) is 3.35. The van der Waals surface area contributed by atoms with Crippen molar-refractivity contribution in [2.75, 3.05) is 12.4 Å². The van der Waals surface area contributed by atoms with Crippen LogP contribution >= 0.6 is 23.1 Å². The Bertz CT molecular complexity index is 647. The summed E-state index contributed by atoms with van der Waals surface area (Å²) >= 11 is 2.60. The first-order valence-electron chi connectivity index (χ1n) is 6.43. The van der Waals surface area contributed by atoms with Gasteiger partial charge in [0.1, 0.15) is 0 Å². The third kappa shape index (κ3) is 4.71. The SMILES string of the molecule is CNC(=O)NC(=O)C(C)Sc1nnc(Nc2ccccc2)s1. The number of nitrogens with zero attached hydrogens (tertiary/aromatic N) is 2. The van der Waals surface area contributed by atoms with Crippen LogP contribution in [-0.2, 0) is 4.79 Å². The Hall–Kier alpha value is -2.13. The molecule has 1 unspecified atom stereocenters. The zero-order valence-corrected chi connectivity index (χ0v) is 13.6. The largest absolute Gasteiger partial charge is 0.341 e. The topological polar surface area (TPSA) is 96.0 Å². The van der Waals surface area contributed by atoms with Gasteiger partial charge < -0.3 is 10.6 Å². The second-order valence-electron chi connectivity index (χ2n) is 4.19. The summed E-state index contributed by atoms with van der Waals surface area (Å²) in [5, 5.41) is 15.9. The number of carbonyl (C=O) groups is 2. The van der Waals surface area contributed by atoms with Crippen LogP contribution in [0, 0.1) is 0 Å². The van der Waals surface area contributed by atoms with Crippen LogP contribution < -0.4 is 16.0 Å². The minimum absolute atomic E-state index is 0.378. The highest BCUT2D eigenvalue weighted by molar-refractivity contribution is 8.02. The number of urea groups is 1. The van der Waals surface area contributed by atoms with Gasteiger partial charge in [0, 0.05) is 12.7 Å². The van der Waals surface area contributed by atoms with E-state index in [4.69, 9.17) is 0 Å². The molecule has 0 spiro atoms. The van der Waals surface area contributed by atoms with Gasteiger partial charge in [-0.1, -0.05) is 41.3 Å². The molecule has 2 aromatic rings. The molecule has 0 bridgehead atoms. The van der Waals surface area contributed by atoms with E-state index in [1.54, 1.807) is 6.92 Å². The van der Waals surface area contributed by atoms with E-state index in [0.29, 0.717) is 9.47 Å². The lowest BCUT2D eigenvalue weighted by molar-refractivity contribution is -0.119. The van der Waals surface area contributed by atoms with E-state index >= 15 is 0 Å². The van der Waals surface area contributed by atoms with E-state index in [-0.39, 0.29) is 5.91 Å². The van der Waals surface area contributed by atoms with Gasteiger partial charge in [0.25, 0.3) is 0 Å². The van der Waals surface area contributed by atoms with Crippen molar-refractivity contribution in [2.24, 2.45) is 0 Å². The molecule has 0 aliphatic carbocycles. The highest BCUT2D eigenvalue weighted by Crippen LogP contribution is 2.30. The van der Waals surface area contributed by atoms with Crippen molar-refractivity contribution in [1.82, 2.24) is 20.8 Å². The van der Waals surface area contributed by atoms with Gasteiger partial charge in [0.2, 0.25) is 11.0 Å². The summed E-state index contributed by atoms with van der Waals surface area (Å²) in [7, 11) is 1.45. The molecule has 1 aromatic carbocycles. The van der Waals surface area contributed by atoms with Crippen LogP contribution in [0.4, 0.5) is 15.6 Å². The number of imide groups is 1. The highest BCUT2D eigenvalue weighted by atomic mass is 32.2. The van der Waals surface area contributed by atoms with Crippen molar-refractivity contribution in [3.63, 3.8) is 0 Å². The minimum Gasteiger partial charge on any atom is -0.341 e. The Labute approximate surface area is 135 Å². The van der Waals surface area contributed by atoms with Gasteiger partial charge in [-0.25, -0.2) is 4.79 Å². The molecular weight excluding hydrogens is 322 g/mol. The molecule has 0 aliphatic heterocycles. The summed E-state index contributed by atoms with van der Waals surface area (Å²) < 4.78 is 0.651. The minimum atomic E-state index is -0.527. The maximum atomic E-state index is 11.8. The molecule has 0 fully saturated rings. The van der Waals surface area contributed by atoms with Crippen molar-refractivity contribution in [3.8, 4) is 0 Å². The number of anilines is 2. The van der Waals surface area contributed by atoms with Crippen LogP contribution in [0.3, 0.4) is 0 Å². The summed E-state index contributed by atoms with van der Waals surface area (Å²) in [6.07, 6.45) is 0. The van der Waals surface area contributed by atoms with Crippen LogP contribution in [-0.4, -0.2) is 34.4 Å². The first kappa shape index (κ1) is 16.2. The van der Waals surface area contributed by atoms with Crippen LogP contribution in [0.5, 0.6) is 0 Å². The van der Waals surface area contributed by atoms with E-state index < -0.39 is 11.3 Å². The number of aromatic nitrogens is 2. The standard InChI is InChI=1S/C13H15N5O2S2/c1-8(10(19)16-11(20)14-2)21-13-18-17-12(22-13)15-9-6-4-3-5-7-9/h3-8H,1-2H3,(H,15,17)(H2,14,16,19,20). The molecule has 0 aliphatic rings. The summed E-state index contributed by atoms with van der Waals surface area (Å²) in [4.78, 5) is 22.9. The molecule has 2 rings (SSSR count). The molecular formula is C13H15N5O2S2. The Morgan fingerprint density at radius 1 is 1.23 bits per heavy atom. The molecule has 7 nitrogen and oxygen atoms in total. The highest BCUT2D eigenvalue weighted by Gasteiger charge is 2.18. The fraction of sp³-hybridized carbons (Fsp3) is 0.231. The van der Waals surface area contributed by atoms with E-state index in [9.17, 15) is 9.59 Å². The van der Waals surface area contributed by atoms with E-state index in [2.05, 4.69) is 26.1 Å². The maximum absolute atomic E-state index is 11.8. The monoisotopic (exact) mass is 337 g/mol.